The number of methoxy groups -OCH3 is 1. The zero-order valence-corrected chi connectivity index (χ0v) is 8.76. The van der Waals surface area contributed by atoms with E-state index in [4.69, 9.17) is 5.26 Å². The quantitative estimate of drug-likeness (QED) is 0.565. The van der Waals surface area contributed by atoms with Crippen molar-refractivity contribution in [2.45, 2.75) is 11.8 Å². The first kappa shape index (κ1) is 10.6. The Bertz CT molecular complexity index is 421. The summed E-state index contributed by atoms with van der Waals surface area (Å²) in [6.45, 7) is 1.78. The minimum atomic E-state index is -0.461. The van der Waals surface area contributed by atoms with Gasteiger partial charge in [-0.05, 0) is 24.6 Å². The van der Waals surface area contributed by atoms with Gasteiger partial charge in [0, 0.05) is 4.90 Å². The number of rotatable bonds is 1. The third-order valence-electron chi connectivity index (χ3n) is 1.92. The van der Waals surface area contributed by atoms with Gasteiger partial charge in [-0.2, -0.15) is 5.26 Å². The molecule has 0 bridgehead atoms. The molecule has 0 atom stereocenters. The maximum Gasteiger partial charge on any atom is 0.337 e. The number of benzene rings is 1. The predicted molar refractivity (Wildman–Crippen MR) is 54.5 cm³/mol. The molecule has 4 heteroatoms. The Morgan fingerprint density at radius 3 is 2.71 bits per heavy atom. The van der Waals surface area contributed by atoms with Crippen LogP contribution >= 0.6 is 12.6 Å². The third-order valence-corrected chi connectivity index (χ3v) is 2.39. The molecule has 0 radical (unpaired) electrons. The number of hydrogen-bond donors (Lipinski definition) is 1. The van der Waals surface area contributed by atoms with Crippen molar-refractivity contribution in [1.82, 2.24) is 0 Å². The summed E-state index contributed by atoms with van der Waals surface area (Å²) in [6, 6.07) is 5.09. The molecule has 0 aliphatic carbocycles. The monoisotopic (exact) mass is 207 g/mol. The molecule has 0 fully saturated rings. The van der Waals surface area contributed by atoms with E-state index in [1.54, 1.807) is 13.0 Å². The molecule has 14 heavy (non-hydrogen) atoms. The van der Waals surface area contributed by atoms with E-state index in [0.717, 1.165) is 5.56 Å². The number of ether oxygens (including phenoxy) is 1. The predicted octanol–water partition coefficient (Wildman–Crippen LogP) is 1.94. The van der Waals surface area contributed by atoms with Crippen molar-refractivity contribution in [3.8, 4) is 6.07 Å². The van der Waals surface area contributed by atoms with E-state index in [0.29, 0.717) is 16.0 Å². The van der Waals surface area contributed by atoms with Crippen molar-refractivity contribution in [3.63, 3.8) is 0 Å². The van der Waals surface area contributed by atoms with Crippen molar-refractivity contribution < 1.29 is 9.53 Å². The lowest BCUT2D eigenvalue weighted by molar-refractivity contribution is 0.0600. The fraction of sp³-hybridized carbons (Fsp3) is 0.200. The molecule has 0 saturated carbocycles. The Morgan fingerprint density at radius 2 is 2.21 bits per heavy atom. The molecular formula is C10H9NO2S. The molecule has 0 amide bonds. The largest absolute Gasteiger partial charge is 0.465 e. The lowest BCUT2D eigenvalue weighted by Crippen LogP contribution is -2.02. The molecule has 0 aliphatic heterocycles. The second kappa shape index (κ2) is 4.16. The number of nitrogens with zero attached hydrogens (tertiary/aromatic N) is 1. The van der Waals surface area contributed by atoms with Gasteiger partial charge in [0.15, 0.2) is 0 Å². The van der Waals surface area contributed by atoms with Gasteiger partial charge in [-0.3, -0.25) is 0 Å². The number of carbonyl (C=O) groups excluding carboxylic acids is 1. The molecule has 1 aromatic carbocycles. The smallest absolute Gasteiger partial charge is 0.337 e. The molecule has 0 aromatic heterocycles. The highest BCUT2D eigenvalue weighted by Crippen LogP contribution is 2.20. The van der Waals surface area contributed by atoms with Gasteiger partial charge in [0.2, 0.25) is 0 Å². The average molecular weight is 207 g/mol. The molecule has 0 unspecified atom stereocenters. The summed E-state index contributed by atoms with van der Waals surface area (Å²) >= 11 is 4.17. The van der Waals surface area contributed by atoms with E-state index in [1.165, 1.54) is 13.2 Å². The highest BCUT2D eigenvalue weighted by atomic mass is 32.1. The lowest BCUT2D eigenvalue weighted by atomic mass is 10.1. The van der Waals surface area contributed by atoms with Crippen LogP contribution in [0.4, 0.5) is 0 Å². The molecule has 0 N–H and O–H groups in total. The molecule has 0 aliphatic rings. The molecule has 0 heterocycles. The third kappa shape index (κ3) is 1.88. The van der Waals surface area contributed by atoms with Crippen LogP contribution in [0.25, 0.3) is 0 Å². The van der Waals surface area contributed by atoms with Crippen LogP contribution in [0.2, 0.25) is 0 Å². The van der Waals surface area contributed by atoms with E-state index in [-0.39, 0.29) is 0 Å². The van der Waals surface area contributed by atoms with Gasteiger partial charge in [0.25, 0.3) is 0 Å². The molecule has 0 spiro atoms. The van der Waals surface area contributed by atoms with E-state index in [9.17, 15) is 4.79 Å². The van der Waals surface area contributed by atoms with Gasteiger partial charge in [0.1, 0.15) is 0 Å². The Balaban J connectivity index is 3.32. The maximum absolute atomic E-state index is 11.2. The highest BCUT2D eigenvalue weighted by Gasteiger charge is 2.10. The minimum Gasteiger partial charge on any atom is -0.465 e. The first-order valence-corrected chi connectivity index (χ1v) is 4.37. The first-order chi connectivity index (χ1) is 6.60. The molecule has 1 rings (SSSR count). The number of carbonyl (C=O) groups is 1. The van der Waals surface area contributed by atoms with E-state index < -0.39 is 5.97 Å². The van der Waals surface area contributed by atoms with Crippen LogP contribution in [-0.2, 0) is 4.74 Å². The summed E-state index contributed by atoms with van der Waals surface area (Å²) in [6.07, 6.45) is 0. The molecular weight excluding hydrogens is 198 g/mol. The summed E-state index contributed by atoms with van der Waals surface area (Å²) in [4.78, 5) is 11.8. The Hall–Kier alpha value is -1.47. The van der Waals surface area contributed by atoms with Crippen LogP contribution in [0.5, 0.6) is 0 Å². The SMILES string of the molecule is COC(=O)c1cc(S)c(C)c(C#N)c1. The minimum absolute atomic E-state index is 0.347. The lowest BCUT2D eigenvalue weighted by Gasteiger charge is -2.04. The zero-order valence-electron chi connectivity index (χ0n) is 7.87. The van der Waals surface area contributed by atoms with Crippen molar-refractivity contribution in [1.29, 1.82) is 5.26 Å². The topological polar surface area (TPSA) is 50.1 Å². The summed E-state index contributed by atoms with van der Waals surface area (Å²) in [5.41, 5.74) is 1.56. The number of thiol groups is 1. The van der Waals surface area contributed by atoms with Crippen LogP contribution < -0.4 is 0 Å². The van der Waals surface area contributed by atoms with Crippen LogP contribution in [0, 0.1) is 18.3 Å². The van der Waals surface area contributed by atoms with Crippen LogP contribution in [0.1, 0.15) is 21.5 Å². The fourth-order valence-corrected chi connectivity index (χ4v) is 1.31. The summed E-state index contributed by atoms with van der Waals surface area (Å²) in [5, 5.41) is 8.79. The zero-order chi connectivity index (χ0) is 10.7. The van der Waals surface area contributed by atoms with Gasteiger partial charge in [-0.1, -0.05) is 0 Å². The Morgan fingerprint density at radius 1 is 1.57 bits per heavy atom. The van der Waals surface area contributed by atoms with Crippen molar-refractivity contribution in [2.24, 2.45) is 0 Å². The van der Waals surface area contributed by atoms with E-state index in [1.807, 2.05) is 6.07 Å². The fourth-order valence-electron chi connectivity index (χ4n) is 1.05. The summed E-state index contributed by atoms with van der Waals surface area (Å²) in [5.74, 6) is -0.461. The number of hydrogen-bond acceptors (Lipinski definition) is 4. The van der Waals surface area contributed by atoms with Crippen molar-refractivity contribution >= 4 is 18.6 Å². The standard InChI is InChI=1S/C10H9NO2S/c1-6-8(5-11)3-7(4-9(6)14)10(12)13-2/h3-4,14H,1-2H3. The molecule has 72 valence electrons. The van der Waals surface area contributed by atoms with Gasteiger partial charge in [-0.15, -0.1) is 12.6 Å². The van der Waals surface area contributed by atoms with Gasteiger partial charge in [0.05, 0.1) is 24.3 Å². The summed E-state index contributed by atoms with van der Waals surface area (Å²) in [7, 11) is 1.30. The van der Waals surface area contributed by atoms with Crippen molar-refractivity contribution in [3.05, 3.63) is 28.8 Å². The van der Waals surface area contributed by atoms with Crippen LogP contribution in [-0.4, -0.2) is 13.1 Å². The Labute approximate surface area is 87.7 Å². The molecule has 3 nitrogen and oxygen atoms in total. The highest BCUT2D eigenvalue weighted by molar-refractivity contribution is 7.80. The summed E-state index contributed by atoms with van der Waals surface area (Å²) < 4.78 is 4.55. The maximum atomic E-state index is 11.2. The molecule has 0 saturated heterocycles. The van der Waals surface area contributed by atoms with E-state index >= 15 is 0 Å². The molecule has 1 aromatic rings. The number of nitriles is 1. The second-order valence-electron chi connectivity index (χ2n) is 2.77. The van der Waals surface area contributed by atoms with E-state index in [2.05, 4.69) is 17.4 Å². The normalized spacial score (nSPS) is 9.29. The van der Waals surface area contributed by atoms with Crippen LogP contribution in [0.15, 0.2) is 17.0 Å². The van der Waals surface area contributed by atoms with Crippen LogP contribution in [0.3, 0.4) is 0 Å². The van der Waals surface area contributed by atoms with Crippen molar-refractivity contribution in [2.75, 3.05) is 7.11 Å². The second-order valence-corrected chi connectivity index (χ2v) is 3.25. The van der Waals surface area contributed by atoms with Gasteiger partial charge in [-0.25, -0.2) is 4.79 Å². The first-order valence-electron chi connectivity index (χ1n) is 3.92. The van der Waals surface area contributed by atoms with Gasteiger partial charge >= 0.3 is 5.97 Å². The Kier molecular flexibility index (Phi) is 3.15. The average Bonchev–Trinajstić information content (AvgIpc) is 2.20. The van der Waals surface area contributed by atoms with Gasteiger partial charge < -0.3 is 4.74 Å². The number of esters is 1.